The first kappa shape index (κ1) is 14.6. The quantitative estimate of drug-likeness (QED) is 0.450. The molecule has 0 aromatic heterocycles. The Hall–Kier alpha value is -0.430. The fraction of sp³-hybridized carbons (Fsp3) is 0.818. The zero-order chi connectivity index (χ0) is 13.2. The molecule has 0 bridgehead atoms. The van der Waals surface area contributed by atoms with Crippen LogP contribution >= 0.6 is 0 Å². The Morgan fingerprint density at radius 2 is 1.82 bits per heavy atom. The van der Waals surface area contributed by atoms with E-state index in [9.17, 15) is 13.0 Å². The lowest BCUT2D eigenvalue weighted by Crippen LogP contribution is -2.42. The van der Waals surface area contributed by atoms with Crippen molar-refractivity contribution in [3.8, 4) is 0 Å². The third-order valence-electron chi connectivity index (χ3n) is 3.38. The molecule has 1 rings (SSSR count). The van der Waals surface area contributed by atoms with Gasteiger partial charge in [0.05, 0.1) is 5.25 Å². The molecule has 2 N–H and O–H groups in total. The smallest absolute Gasteiger partial charge is 0.268 e. The zero-order valence-electron chi connectivity index (χ0n) is 10.9. The molecule has 2 unspecified atom stereocenters. The summed E-state index contributed by atoms with van der Waals surface area (Å²) >= 11 is 0. The average Bonchev–Trinajstić information content (AvgIpc) is 2.17. The summed E-state index contributed by atoms with van der Waals surface area (Å²) < 4.78 is 32.1. The fourth-order valence-corrected chi connectivity index (χ4v) is 3.33. The molecular formula is C11H22N2O3S. The van der Waals surface area contributed by atoms with Crippen molar-refractivity contribution >= 4 is 10.1 Å². The third kappa shape index (κ3) is 4.06. The second kappa shape index (κ2) is 5.48. The second-order valence-corrected chi connectivity index (χ2v) is 6.67. The van der Waals surface area contributed by atoms with Crippen molar-refractivity contribution in [3.63, 3.8) is 0 Å². The molecule has 0 aliphatic heterocycles. The molecule has 1 aliphatic carbocycles. The van der Waals surface area contributed by atoms with Crippen LogP contribution < -0.4 is 5.43 Å². The van der Waals surface area contributed by atoms with E-state index in [0.29, 0.717) is 13.0 Å². The van der Waals surface area contributed by atoms with E-state index in [2.05, 4.69) is 5.43 Å². The van der Waals surface area contributed by atoms with Crippen molar-refractivity contribution in [2.75, 3.05) is 20.6 Å². The van der Waals surface area contributed by atoms with Gasteiger partial charge in [-0.15, -0.1) is 0 Å². The van der Waals surface area contributed by atoms with Gasteiger partial charge < -0.3 is 0 Å². The van der Waals surface area contributed by atoms with E-state index in [1.54, 1.807) is 5.01 Å². The highest BCUT2D eigenvalue weighted by Crippen LogP contribution is 2.32. The van der Waals surface area contributed by atoms with E-state index in [1.807, 2.05) is 27.9 Å². The molecule has 0 saturated heterocycles. The first-order valence-corrected chi connectivity index (χ1v) is 7.24. The predicted molar refractivity (Wildman–Crippen MR) is 68.1 cm³/mol. The minimum atomic E-state index is -3.97. The highest BCUT2D eigenvalue weighted by Gasteiger charge is 2.35. The van der Waals surface area contributed by atoms with Crippen molar-refractivity contribution in [1.29, 1.82) is 0 Å². The Morgan fingerprint density at radius 1 is 1.29 bits per heavy atom. The molecule has 0 aromatic carbocycles. The summed E-state index contributed by atoms with van der Waals surface area (Å²) in [6, 6.07) is 0. The van der Waals surface area contributed by atoms with Crippen molar-refractivity contribution in [3.05, 3.63) is 11.1 Å². The maximum atomic E-state index is 11.4. The Kier molecular flexibility index (Phi) is 4.71. The summed E-state index contributed by atoms with van der Waals surface area (Å²) in [5.74, 6) is -0.0731. The van der Waals surface area contributed by atoms with Crippen LogP contribution in [-0.4, -0.2) is 43.9 Å². The SMILES string of the molecule is CC1=C(C)CC(S(=O)(=O)O)C(CNN(C)C)C1. The molecule has 0 saturated carbocycles. The van der Waals surface area contributed by atoms with Crippen molar-refractivity contribution in [2.24, 2.45) is 5.92 Å². The first-order valence-electron chi connectivity index (χ1n) is 5.74. The van der Waals surface area contributed by atoms with Gasteiger partial charge in [0.1, 0.15) is 0 Å². The fourth-order valence-electron chi connectivity index (χ4n) is 2.19. The van der Waals surface area contributed by atoms with Crippen molar-refractivity contribution in [2.45, 2.75) is 31.9 Å². The maximum absolute atomic E-state index is 11.4. The number of hydrogen-bond donors (Lipinski definition) is 2. The molecule has 2 atom stereocenters. The molecule has 0 aromatic rings. The van der Waals surface area contributed by atoms with Gasteiger partial charge in [-0.1, -0.05) is 11.1 Å². The molecule has 1 aliphatic rings. The van der Waals surface area contributed by atoms with E-state index in [1.165, 1.54) is 5.57 Å². The van der Waals surface area contributed by atoms with Crippen LogP contribution in [0.5, 0.6) is 0 Å². The van der Waals surface area contributed by atoms with Gasteiger partial charge in [-0.25, -0.2) is 0 Å². The monoisotopic (exact) mass is 262 g/mol. The van der Waals surface area contributed by atoms with E-state index < -0.39 is 15.4 Å². The summed E-state index contributed by atoms with van der Waals surface area (Å²) in [6.45, 7) is 4.52. The summed E-state index contributed by atoms with van der Waals surface area (Å²) in [4.78, 5) is 0. The van der Waals surface area contributed by atoms with Gasteiger partial charge in [-0.2, -0.15) is 8.42 Å². The van der Waals surface area contributed by atoms with E-state index in [-0.39, 0.29) is 5.92 Å². The third-order valence-corrected chi connectivity index (χ3v) is 4.70. The van der Waals surface area contributed by atoms with Gasteiger partial charge in [0.2, 0.25) is 0 Å². The van der Waals surface area contributed by atoms with Gasteiger partial charge in [-0.05, 0) is 32.6 Å². The molecule has 5 nitrogen and oxygen atoms in total. The van der Waals surface area contributed by atoms with Crippen LogP contribution in [0.4, 0.5) is 0 Å². The Bertz CT molecular complexity index is 401. The molecule has 6 heteroatoms. The zero-order valence-corrected chi connectivity index (χ0v) is 11.7. The summed E-state index contributed by atoms with van der Waals surface area (Å²) in [5, 5.41) is 1.11. The van der Waals surface area contributed by atoms with E-state index in [0.717, 1.165) is 12.0 Å². The van der Waals surface area contributed by atoms with Crippen LogP contribution in [0.1, 0.15) is 26.7 Å². The maximum Gasteiger partial charge on any atom is 0.268 e. The predicted octanol–water partition coefficient (Wildman–Crippen LogP) is 1.06. The van der Waals surface area contributed by atoms with Crippen LogP contribution in [0.2, 0.25) is 0 Å². The van der Waals surface area contributed by atoms with Crippen LogP contribution in [0.15, 0.2) is 11.1 Å². The standard InChI is InChI=1S/C11H22N2O3S/c1-8-5-10(7-12-13(3)4)11(6-9(8)2)17(14,15)16/h10-12H,5-7H2,1-4H3,(H,14,15,16). The summed E-state index contributed by atoms with van der Waals surface area (Å²) in [6.07, 6.45) is 1.15. The number of nitrogens with one attached hydrogen (secondary N) is 1. The minimum Gasteiger partial charge on any atom is -0.285 e. The number of hydrazine groups is 1. The van der Waals surface area contributed by atoms with Gasteiger partial charge in [0, 0.05) is 20.6 Å². The van der Waals surface area contributed by atoms with Gasteiger partial charge in [0.25, 0.3) is 10.1 Å². The molecule has 0 amide bonds. The average molecular weight is 262 g/mol. The number of allylic oxidation sites excluding steroid dienone is 2. The molecule has 0 heterocycles. The van der Waals surface area contributed by atoms with Crippen molar-refractivity contribution in [1.82, 2.24) is 10.4 Å². The summed E-state index contributed by atoms with van der Waals surface area (Å²) in [7, 11) is -0.251. The second-order valence-electron chi connectivity index (χ2n) is 5.04. The van der Waals surface area contributed by atoms with Gasteiger partial charge in [-0.3, -0.25) is 15.0 Å². The highest BCUT2D eigenvalue weighted by molar-refractivity contribution is 7.86. The molecule has 0 radical (unpaired) electrons. The summed E-state index contributed by atoms with van der Waals surface area (Å²) in [5.41, 5.74) is 5.40. The molecule has 0 fully saturated rings. The molecule has 100 valence electrons. The lowest BCUT2D eigenvalue weighted by atomic mass is 9.84. The van der Waals surface area contributed by atoms with Gasteiger partial charge in [0.15, 0.2) is 0 Å². The Balaban J connectivity index is 2.84. The van der Waals surface area contributed by atoms with Crippen molar-refractivity contribution < 1.29 is 13.0 Å². The highest BCUT2D eigenvalue weighted by atomic mass is 32.2. The molecular weight excluding hydrogens is 240 g/mol. The van der Waals surface area contributed by atoms with Crippen LogP contribution in [0, 0.1) is 5.92 Å². The van der Waals surface area contributed by atoms with Crippen LogP contribution in [-0.2, 0) is 10.1 Å². The largest absolute Gasteiger partial charge is 0.285 e. The Labute approximate surface area is 104 Å². The minimum absolute atomic E-state index is 0.0731. The van der Waals surface area contributed by atoms with Crippen LogP contribution in [0.3, 0.4) is 0 Å². The normalized spacial score (nSPS) is 26.7. The first-order chi connectivity index (χ1) is 7.71. The van der Waals surface area contributed by atoms with E-state index in [4.69, 9.17) is 0 Å². The number of hydrogen-bond acceptors (Lipinski definition) is 4. The van der Waals surface area contributed by atoms with Gasteiger partial charge >= 0.3 is 0 Å². The lowest BCUT2D eigenvalue weighted by Gasteiger charge is -2.32. The molecule has 17 heavy (non-hydrogen) atoms. The van der Waals surface area contributed by atoms with Crippen LogP contribution in [0.25, 0.3) is 0 Å². The molecule has 0 spiro atoms. The Morgan fingerprint density at radius 3 is 2.29 bits per heavy atom. The van der Waals surface area contributed by atoms with E-state index >= 15 is 0 Å². The lowest BCUT2D eigenvalue weighted by molar-refractivity contribution is 0.250. The topological polar surface area (TPSA) is 69.6 Å². The number of rotatable bonds is 4. The number of nitrogens with zero attached hydrogens (tertiary/aromatic N) is 1.